The smallest absolute Gasteiger partial charge is 0.331 e. The van der Waals surface area contributed by atoms with Crippen LogP contribution >= 0.6 is 11.3 Å². The second-order valence-electron chi connectivity index (χ2n) is 3.57. The summed E-state index contributed by atoms with van der Waals surface area (Å²) >= 11 is 1.52. The first-order chi connectivity index (χ1) is 8.31. The lowest BCUT2D eigenvalue weighted by Gasteiger charge is -2.04. The summed E-state index contributed by atoms with van der Waals surface area (Å²) in [7, 11) is 1.60. The van der Waals surface area contributed by atoms with E-state index in [0.717, 1.165) is 16.0 Å². The molecule has 3 aromatic rings. The highest BCUT2D eigenvalue weighted by atomic mass is 32.1. The predicted molar refractivity (Wildman–Crippen MR) is 68.3 cm³/mol. The minimum Gasteiger partial charge on any atom is -0.494 e. The minimum absolute atomic E-state index is 0.146. The van der Waals surface area contributed by atoms with Gasteiger partial charge in [0.15, 0.2) is 0 Å². The zero-order valence-corrected chi connectivity index (χ0v) is 9.95. The fourth-order valence-electron chi connectivity index (χ4n) is 1.90. The summed E-state index contributed by atoms with van der Waals surface area (Å²) in [5, 5.41) is 2.82. The van der Waals surface area contributed by atoms with Crippen molar-refractivity contribution < 1.29 is 4.74 Å². The maximum Gasteiger partial charge on any atom is 0.331 e. The molecule has 2 aromatic heterocycles. The lowest BCUT2D eigenvalue weighted by molar-refractivity contribution is 0.418. The van der Waals surface area contributed by atoms with Gasteiger partial charge in [0.2, 0.25) is 0 Å². The van der Waals surface area contributed by atoms with Crippen LogP contribution in [0.2, 0.25) is 0 Å². The molecule has 0 saturated heterocycles. The topological polar surface area (TPSA) is 47.0 Å². The number of hydrogen-bond acceptors (Lipinski definition) is 3. The zero-order valence-electron chi connectivity index (χ0n) is 9.14. The number of aromatic nitrogens is 2. The molecule has 0 amide bonds. The third kappa shape index (κ3) is 1.47. The van der Waals surface area contributed by atoms with Crippen molar-refractivity contribution in [3.8, 4) is 10.8 Å². The maximum atomic E-state index is 12.0. The van der Waals surface area contributed by atoms with E-state index < -0.39 is 0 Å². The van der Waals surface area contributed by atoms with E-state index in [1.807, 2.05) is 35.7 Å². The third-order valence-electron chi connectivity index (χ3n) is 2.61. The fraction of sp³-hybridized carbons (Fsp3) is 0.0833. The van der Waals surface area contributed by atoms with E-state index in [9.17, 15) is 4.79 Å². The number of para-hydroxylation sites is 1. The lowest BCUT2D eigenvalue weighted by atomic mass is 10.3. The molecule has 0 fully saturated rings. The summed E-state index contributed by atoms with van der Waals surface area (Å²) < 4.78 is 6.94. The Morgan fingerprint density at radius 1 is 1.29 bits per heavy atom. The SMILES string of the molecule is COc1cccc2[nH]c(=O)n(-c3cccs3)c12. The number of thiophene rings is 1. The van der Waals surface area contributed by atoms with Gasteiger partial charge in [-0.1, -0.05) is 6.07 Å². The summed E-state index contributed by atoms with van der Waals surface area (Å²) in [5.74, 6) is 0.689. The van der Waals surface area contributed by atoms with Crippen LogP contribution in [0, 0.1) is 0 Å². The number of nitrogens with one attached hydrogen (secondary N) is 1. The van der Waals surface area contributed by atoms with Gasteiger partial charge in [0.25, 0.3) is 0 Å². The lowest BCUT2D eigenvalue weighted by Crippen LogP contribution is -2.13. The first-order valence-electron chi connectivity index (χ1n) is 5.13. The average Bonchev–Trinajstić information content (AvgIpc) is 2.93. The summed E-state index contributed by atoms with van der Waals surface area (Å²) in [6.07, 6.45) is 0. The van der Waals surface area contributed by atoms with Crippen molar-refractivity contribution >= 4 is 22.4 Å². The molecular weight excluding hydrogens is 236 g/mol. The molecular formula is C12H10N2O2S. The third-order valence-corrected chi connectivity index (χ3v) is 3.47. The summed E-state index contributed by atoms with van der Waals surface area (Å²) in [6, 6.07) is 9.39. The van der Waals surface area contributed by atoms with Crippen LogP contribution in [0.3, 0.4) is 0 Å². The molecule has 17 heavy (non-hydrogen) atoms. The Morgan fingerprint density at radius 3 is 2.88 bits per heavy atom. The molecule has 0 aliphatic rings. The normalized spacial score (nSPS) is 10.9. The van der Waals surface area contributed by atoms with Gasteiger partial charge in [-0.3, -0.25) is 0 Å². The number of ether oxygens (including phenoxy) is 1. The Morgan fingerprint density at radius 2 is 2.18 bits per heavy atom. The van der Waals surface area contributed by atoms with Crippen LogP contribution in [0.15, 0.2) is 40.5 Å². The molecule has 4 nitrogen and oxygen atoms in total. The van der Waals surface area contributed by atoms with Gasteiger partial charge in [-0.15, -0.1) is 11.3 Å². The highest BCUT2D eigenvalue weighted by Crippen LogP contribution is 2.26. The average molecular weight is 246 g/mol. The predicted octanol–water partition coefficient (Wildman–Crippen LogP) is 2.39. The number of H-pyrrole nitrogens is 1. The maximum absolute atomic E-state index is 12.0. The number of fused-ring (bicyclic) bond motifs is 1. The molecule has 86 valence electrons. The van der Waals surface area contributed by atoms with Gasteiger partial charge in [0.05, 0.1) is 12.6 Å². The van der Waals surface area contributed by atoms with E-state index in [-0.39, 0.29) is 5.69 Å². The molecule has 3 rings (SSSR count). The van der Waals surface area contributed by atoms with E-state index in [4.69, 9.17) is 4.74 Å². The molecule has 0 aliphatic carbocycles. The Balaban J connectivity index is 2.45. The minimum atomic E-state index is -0.146. The summed E-state index contributed by atoms with van der Waals surface area (Å²) in [6.45, 7) is 0. The number of nitrogens with zero attached hydrogens (tertiary/aromatic N) is 1. The molecule has 0 radical (unpaired) electrons. The van der Waals surface area contributed by atoms with Crippen molar-refractivity contribution in [2.24, 2.45) is 0 Å². The Labute approximate surface area is 101 Å². The van der Waals surface area contributed by atoms with Crippen LogP contribution in [0.4, 0.5) is 0 Å². The second kappa shape index (κ2) is 3.78. The molecule has 0 bridgehead atoms. The number of rotatable bonds is 2. The number of methoxy groups -OCH3 is 1. The van der Waals surface area contributed by atoms with Crippen molar-refractivity contribution in [3.05, 3.63) is 46.2 Å². The molecule has 0 saturated carbocycles. The fourth-order valence-corrected chi connectivity index (χ4v) is 2.63. The molecule has 0 atom stereocenters. The van der Waals surface area contributed by atoms with Gasteiger partial charge >= 0.3 is 5.69 Å². The van der Waals surface area contributed by atoms with Gasteiger partial charge in [-0.05, 0) is 29.6 Å². The van der Waals surface area contributed by atoms with Crippen molar-refractivity contribution in [2.45, 2.75) is 0 Å². The largest absolute Gasteiger partial charge is 0.494 e. The Bertz CT molecular complexity index is 710. The molecule has 0 unspecified atom stereocenters. The van der Waals surface area contributed by atoms with Gasteiger partial charge in [-0.2, -0.15) is 0 Å². The van der Waals surface area contributed by atoms with Crippen molar-refractivity contribution in [1.29, 1.82) is 0 Å². The van der Waals surface area contributed by atoms with Crippen LogP contribution < -0.4 is 10.4 Å². The Kier molecular flexibility index (Phi) is 2.26. The molecule has 2 heterocycles. The highest BCUT2D eigenvalue weighted by molar-refractivity contribution is 7.12. The Hall–Kier alpha value is -2.01. The van der Waals surface area contributed by atoms with Gasteiger partial charge in [0.1, 0.15) is 16.3 Å². The van der Waals surface area contributed by atoms with Gasteiger partial charge in [-0.25, -0.2) is 9.36 Å². The van der Waals surface area contributed by atoms with Crippen LogP contribution in [0.1, 0.15) is 0 Å². The van der Waals surface area contributed by atoms with E-state index in [1.165, 1.54) is 11.3 Å². The van der Waals surface area contributed by atoms with Crippen molar-refractivity contribution in [3.63, 3.8) is 0 Å². The first-order valence-corrected chi connectivity index (χ1v) is 6.01. The summed E-state index contributed by atoms with van der Waals surface area (Å²) in [4.78, 5) is 14.8. The number of imidazole rings is 1. The molecule has 1 aromatic carbocycles. The monoisotopic (exact) mass is 246 g/mol. The first kappa shape index (κ1) is 10.2. The van der Waals surface area contributed by atoms with E-state index in [0.29, 0.717) is 5.75 Å². The van der Waals surface area contributed by atoms with E-state index in [2.05, 4.69) is 4.98 Å². The van der Waals surface area contributed by atoms with E-state index in [1.54, 1.807) is 11.7 Å². The van der Waals surface area contributed by atoms with Gasteiger partial charge in [0, 0.05) is 0 Å². The molecule has 1 N–H and O–H groups in total. The molecule has 0 aliphatic heterocycles. The standard InChI is InChI=1S/C12H10N2O2S/c1-16-9-5-2-4-8-11(9)14(12(15)13-8)10-6-3-7-17-10/h2-7H,1H3,(H,13,15). The quantitative estimate of drug-likeness (QED) is 0.754. The number of hydrogen-bond donors (Lipinski definition) is 1. The van der Waals surface area contributed by atoms with E-state index >= 15 is 0 Å². The summed E-state index contributed by atoms with van der Waals surface area (Å²) in [5.41, 5.74) is 1.41. The zero-order chi connectivity index (χ0) is 11.8. The molecule has 0 spiro atoms. The van der Waals surface area contributed by atoms with Crippen LogP contribution in [-0.4, -0.2) is 16.7 Å². The van der Waals surface area contributed by atoms with Crippen LogP contribution in [0.5, 0.6) is 5.75 Å². The highest BCUT2D eigenvalue weighted by Gasteiger charge is 2.13. The van der Waals surface area contributed by atoms with Crippen molar-refractivity contribution in [1.82, 2.24) is 9.55 Å². The molecule has 5 heteroatoms. The number of aromatic amines is 1. The number of benzene rings is 1. The van der Waals surface area contributed by atoms with Crippen molar-refractivity contribution in [2.75, 3.05) is 7.11 Å². The second-order valence-corrected chi connectivity index (χ2v) is 4.50. The van der Waals surface area contributed by atoms with Crippen LogP contribution in [0.25, 0.3) is 16.0 Å². The van der Waals surface area contributed by atoms with Crippen LogP contribution in [-0.2, 0) is 0 Å². The van der Waals surface area contributed by atoms with Gasteiger partial charge < -0.3 is 9.72 Å².